The molecule has 1 aliphatic rings. The molecule has 2 aromatic carbocycles. The Morgan fingerprint density at radius 3 is 2.45 bits per heavy atom. The van der Waals surface area contributed by atoms with Crippen molar-refractivity contribution in [3.8, 4) is 28.3 Å². The number of carbonyl (C=O) groups excluding carboxylic acids is 1. The molecule has 228 valence electrons. The Balaban J connectivity index is 1.43. The number of aryl methyl sites for hydroxylation is 1. The maximum atomic E-state index is 12.9. The van der Waals surface area contributed by atoms with Crippen LogP contribution in [-0.4, -0.2) is 50.9 Å². The van der Waals surface area contributed by atoms with Gasteiger partial charge in [-0.3, -0.25) is 14.5 Å². The van der Waals surface area contributed by atoms with Crippen LogP contribution in [0.15, 0.2) is 77.9 Å². The molecule has 1 atom stereocenters. The van der Waals surface area contributed by atoms with Crippen LogP contribution in [0, 0.1) is 11.3 Å². The lowest BCUT2D eigenvalue weighted by molar-refractivity contribution is 0.102. The zero-order valence-corrected chi connectivity index (χ0v) is 26.4. The number of carbonyl (C=O) groups is 1. The van der Waals surface area contributed by atoms with Gasteiger partial charge in [0.05, 0.1) is 34.3 Å². The minimum Gasteiger partial charge on any atom is -0.513 e. The highest BCUT2D eigenvalue weighted by Crippen LogP contribution is 2.42. The number of halogens is 2. The first-order valence-corrected chi connectivity index (χ1v) is 14.7. The summed E-state index contributed by atoms with van der Waals surface area (Å²) in [6.07, 6.45) is 1.38. The quantitative estimate of drug-likeness (QED) is 0.210. The second kappa shape index (κ2) is 12.4. The number of pyridine rings is 1. The minimum absolute atomic E-state index is 0.0103. The number of aliphatic hydroxyl groups excluding tert-OH is 1. The highest BCUT2D eigenvalue weighted by atomic mass is 35.5. The Morgan fingerprint density at radius 2 is 1.77 bits per heavy atom. The first-order valence-electron chi connectivity index (χ1n) is 14.0. The predicted octanol–water partition coefficient (Wildman–Crippen LogP) is 6.61. The van der Waals surface area contributed by atoms with E-state index in [9.17, 15) is 14.7 Å². The van der Waals surface area contributed by atoms with E-state index in [4.69, 9.17) is 32.9 Å². The first kappa shape index (κ1) is 31.3. The third-order valence-electron chi connectivity index (χ3n) is 8.01. The highest BCUT2D eigenvalue weighted by Gasteiger charge is 2.41. The minimum atomic E-state index is -0.599. The fourth-order valence-electron chi connectivity index (χ4n) is 5.73. The van der Waals surface area contributed by atoms with Crippen LogP contribution in [0.2, 0.25) is 10.0 Å². The summed E-state index contributed by atoms with van der Waals surface area (Å²) in [4.78, 5) is 32.3. The van der Waals surface area contributed by atoms with Gasteiger partial charge in [0.25, 0.3) is 11.5 Å². The molecule has 0 spiro atoms. The van der Waals surface area contributed by atoms with Crippen LogP contribution in [0.1, 0.15) is 29.8 Å². The Bertz CT molecular complexity index is 1820. The summed E-state index contributed by atoms with van der Waals surface area (Å²) in [7, 11) is 3.06. The standard InChI is InChI=1S/C33H33Cl2N5O4/c1-19(41)25-17-40(18-33(25,2)3)16-20-12-13-26(38-31(20)44-5)23-10-6-8-21(28(23)34)22-9-7-11-27(29(22)35)37-30(42)24-14-15-36-39(4)32(24)43/h6-15,25,41H,1,16-18H2,2-5H3,(H,37,42). The molecule has 2 N–H and O–H groups in total. The topological polar surface area (TPSA) is 110 Å². The average molecular weight is 635 g/mol. The number of nitrogens with zero attached hydrogens (tertiary/aromatic N) is 4. The molecule has 1 aliphatic heterocycles. The maximum absolute atomic E-state index is 12.9. The second-order valence-electron chi connectivity index (χ2n) is 11.5. The zero-order chi connectivity index (χ0) is 31.8. The Morgan fingerprint density at radius 1 is 1.09 bits per heavy atom. The number of aliphatic hydroxyl groups is 1. The van der Waals surface area contributed by atoms with Crippen LogP contribution in [0.5, 0.6) is 5.88 Å². The summed E-state index contributed by atoms with van der Waals surface area (Å²) in [5.74, 6) is 0.0829. The lowest BCUT2D eigenvalue weighted by Crippen LogP contribution is -2.28. The molecule has 2 aromatic heterocycles. The van der Waals surface area contributed by atoms with Crippen molar-refractivity contribution in [2.45, 2.75) is 20.4 Å². The summed E-state index contributed by atoms with van der Waals surface area (Å²) < 4.78 is 6.77. The smallest absolute Gasteiger partial charge is 0.279 e. The molecule has 1 fully saturated rings. The van der Waals surface area contributed by atoms with E-state index < -0.39 is 11.5 Å². The first-order chi connectivity index (χ1) is 20.9. The molecule has 0 bridgehead atoms. The number of likely N-dealkylation sites (tertiary alicyclic amines) is 1. The number of aromatic nitrogens is 3. The van der Waals surface area contributed by atoms with Crippen LogP contribution in [0.3, 0.4) is 0 Å². The van der Waals surface area contributed by atoms with Crippen molar-refractivity contribution in [2.75, 3.05) is 25.5 Å². The van der Waals surface area contributed by atoms with Crippen molar-refractivity contribution in [2.24, 2.45) is 18.4 Å². The molecule has 44 heavy (non-hydrogen) atoms. The Labute approximate surface area is 265 Å². The van der Waals surface area contributed by atoms with Gasteiger partial charge in [-0.2, -0.15) is 5.10 Å². The molecule has 9 nitrogen and oxygen atoms in total. The van der Waals surface area contributed by atoms with Crippen LogP contribution in [0.4, 0.5) is 5.69 Å². The van der Waals surface area contributed by atoms with Gasteiger partial charge in [0.15, 0.2) is 0 Å². The number of hydrogen-bond acceptors (Lipinski definition) is 7. The maximum Gasteiger partial charge on any atom is 0.279 e. The largest absolute Gasteiger partial charge is 0.513 e. The number of hydrogen-bond donors (Lipinski definition) is 2. The van der Waals surface area contributed by atoms with Crippen LogP contribution < -0.4 is 15.6 Å². The van der Waals surface area contributed by atoms with Gasteiger partial charge in [-0.25, -0.2) is 9.67 Å². The number of methoxy groups -OCH3 is 1. The van der Waals surface area contributed by atoms with Gasteiger partial charge in [0.1, 0.15) is 5.56 Å². The average Bonchev–Trinajstić information content (AvgIpc) is 3.29. The van der Waals surface area contributed by atoms with Gasteiger partial charge in [0.2, 0.25) is 5.88 Å². The number of rotatable bonds is 8. The van der Waals surface area contributed by atoms with Crippen molar-refractivity contribution in [3.63, 3.8) is 0 Å². The molecule has 11 heteroatoms. The summed E-state index contributed by atoms with van der Waals surface area (Å²) in [6, 6.07) is 16.0. The summed E-state index contributed by atoms with van der Waals surface area (Å²) in [5, 5.41) is 17.4. The van der Waals surface area contributed by atoms with Crippen molar-refractivity contribution in [1.82, 2.24) is 19.7 Å². The molecule has 4 aromatic rings. The van der Waals surface area contributed by atoms with E-state index in [1.54, 1.807) is 25.3 Å². The third kappa shape index (κ3) is 6.08. The third-order valence-corrected chi connectivity index (χ3v) is 8.82. The molecule has 1 amide bonds. The van der Waals surface area contributed by atoms with Crippen LogP contribution in [0.25, 0.3) is 22.4 Å². The fraction of sp³-hybridized carbons (Fsp3) is 0.273. The van der Waals surface area contributed by atoms with Crippen molar-refractivity contribution in [1.29, 1.82) is 0 Å². The number of nitrogens with one attached hydrogen (secondary N) is 1. The summed E-state index contributed by atoms with van der Waals surface area (Å²) >= 11 is 13.8. The van der Waals surface area contributed by atoms with Gasteiger partial charge in [-0.1, -0.05) is 80.0 Å². The molecule has 1 unspecified atom stereocenters. The number of anilines is 1. The van der Waals surface area contributed by atoms with Crippen molar-refractivity contribution >= 4 is 34.8 Å². The van der Waals surface area contributed by atoms with E-state index in [0.717, 1.165) is 16.8 Å². The van der Waals surface area contributed by atoms with E-state index in [-0.39, 0.29) is 27.7 Å². The molecule has 1 saturated heterocycles. The van der Waals surface area contributed by atoms with Gasteiger partial charge >= 0.3 is 0 Å². The molecule has 3 heterocycles. The molecular formula is C33H33Cl2N5O4. The monoisotopic (exact) mass is 633 g/mol. The summed E-state index contributed by atoms with van der Waals surface area (Å²) in [5.41, 5.74) is 3.11. The molecule has 0 aliphatic carbocycles. The molecular weight excluding hydrogens is 601 g/mol. The normalized spacial score (nSPS) is 16.1. The van der Waals surface area contributed by atoms with Crippen LogP contribution in [-0.2, 0) is 13.6 Å². The summed E-state index contributed by atoms with van der Waals surface area (Å²) in [6.45, 7) is 10.1. The fourth-order valence-corrected chi connectivity index (χ4v) is 6.33. The zero-order valence-electron chi connectivity index (χ0n) is 24.9. The van der Waals surface area contributed by atoms with Crippen LogP contribution >= 0.6 is 23.2 Å². The van der Waals surface area contributed by atoms with E-state index in [1.165, 1.54) is 19.3 Å². The lowest BCUT2D eigenvalue weighted by atomic mass is 9.81. The van der Waals surface area contributed by atoms with Crippen molar-refractivity contribution < 1.29 is 14.6 Å². The molecule has 5 rings (SSSR count). The van der Waals surface area contributed by atoms with Gasteiger partial charge in [-0.15, -0.1) is 0 Å². The molecule has 0 saturated carbocycles. The van der Waals surface area contributed by atoms with E-state index in [2.05, 4.69) is 35.7 Å². The van der Waals surface area contributed by atoms with Gasteiger partial charge in [-0.05, 0) is 23.6 Å². The van der Waals surface area contributed by atoms with Crippen molar-refractivity contribution in [3.05, 3.63) is 105 Å². The van der Waals surface area contributed by atoms with Gasteiger partial charge < -0.3 is 15.2 Å². The number of amides is 1. The lowest BCUT2D eigenvalue weighted by Gasteiger charge is -2.24. The molecule has 0 radical (unpaired) electrons. The second-order valence-corrected chi connectivity index (χ2v) is 12.3. The highest BCUT2D eigenvalue weighted by molar-refractivity contribution is 6.39. The Kier molecular flexibility index (Phi) is 8.83. The van der Waals surface area contributed by atoms with E-state index >= 15 is 0 Å². The Hall–Kier alpha value is -4.18. The van der Waals surface area contributed by atoms with E-state index in [0.29, 0.717) is 52.1 Å². The predicted molar refractivity (Wildman–Crippen MR) is 173 cm³/mol. The van der Waals surface area contributed by atoms with Gasteiger partial charge in [0, 0.05) is 61.1 Å². The number of ether oxygens (including phenoxy) is 1. The van der Waals surface area contributed by atoms with E-state index in [1.807, 2.05) is 30.3 Å². The number of benzene rings is 2. The SMILES string of the molecule is C=C(O)C1CN(Cc2ccc(-c3cccc(-c4cccc(NC(=O)c5ccnn(C)c5=O)c4Cl)c3Cl)nc2OC)CC1(C)C.